The van der Waals surface area contributed by atoms with Crippen LogP contribution >= 0.6 is 0 Å². The number of hydrogen-bond donors (Lipinski definition) is 1. The molecule has 0 aliphatic carbocycles. The Morgan fingerprint density at radius 3 is 3.06 bits per heavy atom. The lowest BCUT2D eigenvalue weighted by molar-refractivity contribution is 0.425. The lowest BCUT2D eigenvalue weighted by atomic mass is 9.99. The second kappa shape index (κ2) is 4.20. The minimum absolute atomic E-state index is 0.311. The normalized spacial score (nSPS) is 24.7. The van der Waals surface area contributed by atoms with Crippen molar-refractivity contribution in [3.63, 3.8) is 0 Å². The Morgan fingerprint density at radius 2 is 2.28 bits per heavy atom. The summed E-state index contributed by atoms with van der Waals surface area (Å²) in [6.45, 7) is 5.15. The zero-order valence-corrected chi connectivity index (χ0v) is 10.7. The summed E-state index contributed by atoms with van der Waals surface area (Å²) >= 11 is 0. The summed E-state index contributed by atoms with van der Waals surface area (Å²) in [4.78, 5) is 10.9. The summed E-state index contributed by atoms with van der Waals surface area (Å²) in [5.74, 6) is 1.72. The number of piperidine rings is 1. The van der Waals surface area contributed by atoms with Crippen molar-refractivity contribution in [3.05, 3.63) is 18.1 Å². The molecule has 2 atom stereocenters. The summed E-state index contributed by atoms with van der Waals surface area (Å²) in [6, 6.07) is 2.79. The first kappa shape index (κ1) is 11.4. The van der Waals surface area contributed by atoms with Crippen molar-refractivity contribution >= 4 is 11.6 Å². The smallest absolute Gasteiger partial charge is 0.254 e. The molecule has 0 amide bonds. The highest BCUT2D eigenvalue weighted by Gasteiger charge is 2.25. The number of fused-ring (bicyclic) bond motifs is 1. The SMILES string of the molecule is Cc1cc(N2CCC(N)CC2C)n2ncnc2n1. The van der Waals surface area contributed by atoms with Gasteiger partial charge in [-0.15, -0.1) is 0 Å². The maximum absolute atomic E-state index is 6.01. The van der Waals surface area contributed by atoms with Crippen LogP contribution in [0.2, 0.25) is 0 Å². The maximum Gasteiger partial charge on any atom is 0.254 e. The lowest BCUT2D eigenvalue weighted by Gasteiger charge is -2.37. The van der Waals surface area contributed by atoms with Crippen LogP contribution in [0, 0.1) is 6.92 Å². The van der Waals surface area contributed by atoms with Gasteiger partial charge in [0.05, 0.1) is 0 Å². The van der Waals surface area contributed by atoms with Gasteiger partial charge in [0, 0.05) is 30.4 Å². The van der Waals surface area contributed by atoms with E-state index in [1.807, 2.05) is 6.92 Å². The van der Waals surface area contributed by atoms with Crippen molar-refractivity contribution in [3.8, 4) is 0 Å². The van der Waals surface area contributed by atoms with E-state index in [1.165, 1.54) is 0 Å². The number of aromatic nitrogens is 4. The predicted molar refractivity (Wildman–Crippen MR) is 69.5 cm³/mol. The second-order valence-electron chi connectivity index (χ2n) is 5.05. The molecule has 0 bridgehead atoms. The fourth-order valence-corrected chi connectivity index (χ4v) is 2.66. The molecule has 18 heavy (non-hydrogen) atoms. The molecular weight excluding hydrogens is 228 g/mol. The molecule has 0 aromatic carbocycles. The molecule has 0 spiro atoms. The van der Waals surface area contributed by atoms with Crippen molar-refractivity contribution in [1.29, 1.82) is 0 Å². The van der Waals surface area contributed by atoms with Crippen molar-refractivity contribution in [2.75, 3.05) is 11.4 Å². The fraction of sp³-hybridized carbons (Fsp3) is 0.583. The minimum Gasteiger partial charge on any atom is -0.354 e. The molecule has 6 heteroatoms. The van der Waals surface area contributed by atoms with Crippen molar-refractivity contribution in [2.45, 2.75) is 38.8 Å². The number of aryl methyl sites for hydroxylation is 1. The van der Waals surface area contributed by atoms with Gasteiger partial charge in [-0.3, -0.25) is 0 Å². The maximum atomic E-state index is 6.01. The molecule has 1 aliphatic heterocycles. The van der Waals surface area contributed by atoms with E-state index >= 15 is 0 Å². The highest BCUT2D eigenvalue weighted by atomic mass is 15.4. The highest BCUT2D eigenvalue weighted by molar-refractivity contribution is 5.48. The third-order valence-corrected chi connectivity index (χ3v) is 3.57. The summed E-state index contributed by atoms with van der Waals surface area (Å²) < 4.78 is 1.81. The zero-order chi connectivity index (χ0) is 12.7. The van der Waals surface area contributed by atoms with Gasteiger partial charge in [0.25, 0.3) is 5.78 Å². The molecule has 0 saturated carbocycles. The van der Waals surface area contributed by atoms with Crippen LogP contribution in [0.5, 0.6) is 0 Å². The lowest BCUT2D eigenvalue weighted by Crippen LogP contribution is -2.46. The van der Waals surface area contributed by atoms with Crippen LogP contribution in [-0.4, -0.2) is 38.2 Å². The number of anilines is 1. The first-order valence-corrected chi connectivity index (χ1v) is 6.35. The minimum atomic E-state index is 0.311. The summed E-state index contributed by atoms with van der Waals surface area (Å²) in [5.41, 5.74) is 6.98. The van der Waals surface area contributed by atoms with Gasteiger partial charge in [-0.25, -0.2) is 4.98 Å². The van der Waals surface area contributed by atoms with Gasteiger partial charge in [-0.2, -0.15) is 14.6 Å². The second-order valence-corrected chi connectivity index (χ2v) is 5.05. The van der Waals surface area contributed by atoms with Crippen LogP contribution in [0.1, 0.15) is 25.5 Å². The standard InChI is InChI=1S/C12H18N6/c1-8-5-11(18-12(16-8)14-7-15-18)17-4-3-10(13)6-9(17)2/h5,7,9-10H,3-4,6,13H2,1-2H3. The molecule has 96 valence electrons. The van der Waals surface area contributed by atoms with Gasteiger partial charge < -0.3 is 10.6 Å². The number of hydrogen-bond acceptors (Lipinski definition) is 5. The fourth-order valence-electron chi connectivity index (χ4n) is 2.66. The Labute approximate surface area is 106 Å². The molecular formula is C12H18N6. The van der Waals surface area contributed by atoms with Crippen LogP contribution in [0.4, 0.5) is 5.82 Å². The topological polar surface area (TPSA) is 72.3 Å². The van der Waals surface area contributed by atoms with E-state index < -0.39 is 0 Å². The first-order chi connectivity index (χ1) is 8.65. The van der Waals surface area contributed by atoms with Gasteiger partial charge in [0.1, 0.15) is 12.1 Å². The van der Waals surface area contributed by atoms with Crippen molar-refractivity contribution in [1.82, 2.24) is 19.6 Å². The van der Waals surface area contributed by atoms with Gasteiger partial charge >= 0.3 is 0 Å². The van der Waals surface area contributed by atoms with E-state index in [1.54, 1.807) is 10.8 Å². The Balaban J connectivity index is 2.05. The summed E-state index contributed by atoms with van der Waals surface area (Å²) in [6.07, 6.45) is 3.57. The highest BCUT2D eigenvalue weighted by Crippen LogP contribution is 2.24. The predicted octanol–water partition coefficient (Wildman–Crippen LogP) is 0.749. The van der Waals surface area contributed by atoms with Crippen LogP contribution in [0.3, 0.4) is 0 Å². The van der Waals surface area contributed by atoms with Crippen LogP contribution in [0.15, 0.2) is 12.4 Å². The molecule has 3 rings (SSSR count). The van der Waals surface area contributed by atoms with Crippen LogP contribution < -0.4 is 10.6 Å². The van der Waals surface area contributed by atoms with E-state index in [4.69, 9.17) is 5.73 Å². The van der Waals surface area contributed by atoms with Crippen LogP contribution in [0.25, 0.3) is 5.78 Å². The molecule has 2 N–H and O–H groups in total. The largest absolute Gasteiger partial charge is 0.354 e. The van der Waals surface area contributed by atoms with E-state index in [0.29, 0.717) is 17.9 Å². The van der Waals surface area contributed by atoms with Crippen molar-refractivity contribution in [2.24, 2.45) is 5.73 Å². The quantitative estimate of drug-likeness (QED) is 0.804. The molecule has 6 nitrogen and oxygen atoms in total. The number of rotatable bonds is 1. The number of nitrogens with two attached hydrogens (primary N) is 1. The van der Waals surface area contributed by atoms with Gasteiger partial charge in [-0.1, -0.05) is 0 Å². The monoisotopic (exact) mass is 246 g/mol. The average Bonchev–Trinajstić information content (AvgIpc) is 2.76. The molecule has 2 aromatic heterocycles. The van der Waals surface area contributed by atoms with Gasteiger partial charge in [-0.05, 0) is 26.7 Å². The average molecular weight is 246 g/mol. The van der Waals surface area contributed by atoms with E-state index in [2.05, 4.69) is 33.0 Å². The van der Waals surface area contributed by atoms with Crippen LogP contribution in [-0.2, 0) is 0 Å². The Kier molecular flexibility index (Phi) is 2.66. The third kappa shape index (κ3) is 1.82. The summed E-state index contributed by atoms with van der Waals surface area (Å²) in [5, 5.41) is 4.26. The Morgan fingerprint density at radius 1 is 1.44 bits per heavy atom. The molecule has 2 aromatic rings. The van der Waals surface area contributed by atoms with Crippen molar-refractivity contribution < 1.29 is 0 Å². The number of nitrogens with zero attached hydrogens (tertiary/aromatic N) is 5. The van der Waals surface area contributed by atoms with Gasteiger partial charge in [0.15, 0.2) is 0 Å². The summed E-state index contributed by atoms with van der Waals surface area (Å²) in [7, 11) is 0. The Hall–Kier alpha value is -1.69. The molecule has 2 unspecified atom stereocenters. The molecule has 0 radical (unpaired) electrons. The van der Waals surface area contributed by atoms with Gasteiger partial charge in [0.2, 0.25) is 0 Å². The molecule has 3 heterocycles. The molecule has 1 saturated heterocycles. The Bertz CT molecular complexity index is 563. The van der Waals surface area contributed by atoms with E-state index in [0.717, 1.165) is 30.9 Å². The van der Waals surface area contributed by atoms with E-state index in [9.17, 15) is 0 Å². The zero-order valence-electron chi connectivity index (χ0n) is 10.7. The third-order valence-electron chi connectivity index (χ3n) is 3.57. The van der Waals surface area contributed by atoms with E-state index in [-0.39, 0.29) is 0 Å². The molecule has 1 fully saturated rings. The molecule has 1 aliphatic rings. The first-order valence-electron chi connectivity index (χ1n) is 6.35.